The summed E-state index contributed by atoms with van der Waals surface area (Å²) in [4.78, 5) is 11.6. The number of aromatic amines is 1. The van der Waals surface area contributed by atoms with Crippen molar-refractivity contribution in [2.45, 2.75) is 0 Å². The molecule has 0 aliphatic rings. The Bertz CT molecular complexity index is 632. The molecule has 90 valence electrons. The average Bonchev–Trinajstić information content (AvgIpc) is 2.87. The van der Waals surface area contributed by atoms with Crippen LogP contribution in [0.5, 0.6) is 0 Å². The standard InChI is InChI=1S/C13H13N5/c1-2-4-11(5-3-1)16-9-17-13-15-8-10-6-7-14-12(10)18-13/h1-8,16H,9H2,(H2,14,15,17,18). The van der Waals surface area contributed by atoms with Crippen molar-refractivity contribution >= 4 is 22.7 Å². The van der Waals surface area contributed by atoms with Gasteiger partial charge in [-0.2, -0.15) is 4.98 Å². The molecular formula is C13H13N5. The molecule has 2 aromatic heterocycles. The average molecular weight is 239 g/mol. The van der Waals surface area contributed by atoms with Gasteiger partial charge in [0.25, 0.3) is 0 Å². The van der Waals surface area contributed by atoms with Crippen molar-refractivity contribution in [2.24, 2.45) is 0 Å². The van der Waals surface area contributed by atoms with Crippen LogP contribution in [0.15, 0.2) is 48.8 Å². The Hall–Kier alpha value is -2.56. The molecule has 5 heteroatoms. The highest BCUT2D eigenvalue weighted by molar-refractivity contribution is 5.75. The molecule has 5 nitrogen and oxygen atoms in total. The highest BCUT2D eigenvalue weighted by atomic mass is 15.2. The van der Waals surface area contributed by atoms with Crippen LogP contribution in [0.25, 0.3) is 11.0 Å². The first-order valence-electron chi connectivity index (χ1n) is 5.75. The summed E-state index contributed by atoms with van der Waals surface area (Å²) in [5, 5.41) is 7.37. The number of hydrogen-bond acceptors (Lipinski definition) is 4. The fraction of sp³-hybridized carbons (Fsp3) is 0.0769. The van der Waals surface area contributed by atoms with Crippen LogP contribution >= 0.6 is 0 Å². The van der Waals surface area contributed by atoms with Crippen molar-refractivity contribution in [3.63, 3.8) is 0 Å². The lowest BCUT2D eigenvalue weighted by Crippen LogP contribution is -2.13. The Balaban J connectivity index is 1.62. The first-order valence-corrected chi connectivity index (χ1v) is 5.75. The van der Waals surface area contributed by atoms with Crippen LogP contribution in [0.2, 0.25) is 0 Å². The van der Waals surface area contributed by atoms with E-state index in [1.165, 1.54) is 0 Å². The van der Waals surface area contributed by atoms with E-state index in [2.05, 4.69) is 25.6 Å². The fourth-order valence-corrected chi connectivity index (χ4v) is 1.71. The molecule has 18 heavy (non-hydrogen) atoms. The van der Waals surface area contributed by atoms with Crippen LogP contribution < -0.4 is 10.6 Å². The lowest BCUT2D eigenvalue weighted by Gasteiger charge is -2.07. The number of H-pyrrole nitrogens is 1. The second-order valence-corrected chi connectivity index (χ2v) is 3.87. The predicted molar refractivity (Wildman–Crippen MR) is 72.4 cm³/mol. The largest absolute Gasteiger partial charge is 0.368 e. The second kappa shape index (κ2) is 4.75. The van der Waals surface area contributed by atoms with Gasteiger partial charge < -0.3 is 15.6 Å². The summed E-state index contributed by atoms with van der Waals surface area (Å²) in [5.41, 5.74) is 1.90. The molecule has 0 aliphatic heterocycles. The van der Waals surface area contributed by atoms with E-state index >= 15 is 0 Å². The minimum atomic E-state index is 0.580. The molecule has 0 atom stereocenters. The quantitative estimate of drug-likeness (QED) is 0.612. The number of aromatic nitrogens is 3. The molecule has 3 rings (SSSR count). The molecule has 0 amide bonds. The van der Waals surface area contributed by atoms with Crippen LogP contribution in [0.4, 0.5) is 11.6 Å². The summed E-state index contributed by atoms with van der Waals surface area (Å²) in [6, 6.07) is 11.9. The smallest absolute Gasteiger partial charge is 0.226 e. The normalized spacial score (nSPS) is 10.4. The molecule has 0 saturated carbocycles. The molecule has 0 fully saturated rings. The number of nitrogens with zero attached hydrogens (tertiary/aromatic N) is 2. The van der Waals surface area contributed by atoms with Gasteiger partial charge in [-0.1, -0.05) is 18.2 Å². The zero-order chi connectivity index (χ0) is 12.2. The maximum atomic E-state index is 4.35. The van der Waals surface area contributed by atoms with Gasteiger partial charge in [0.1, 0.15) is 5.65 Å². The molecule has 3 N–H and O–H groups in total. The van der Waals surface area contributed by atoms with E-state index < -0.39 is 0 Å². The molecule has 0 aliphatic carbocycles. The number of fused-ring (bicyclic) bond motifs is 1. The van der Waals surface area contributed by atoms with Crippen molar-refractivity contribution in [2.75, 3.05) is 17.3 Å². The highest BCUT2D eigenvalue weighted by Crippen LogP contribution is 2.10. The number of para-hydroxylation sites is 1. The van der Waals surface area contributed by atoms with E-state index in [1.54, 1.807) is 6.20 Å². The van der Waals surface area contributed by atoms with Crippen molar-refractivity contribution in [1.29, 1.82) is 0 Å². The van der Waals surface area contributed by atoms with E-state index in [-0.39, 0.29) is 0 Å². The number of hydrogen-bond donors (Lipinski definition) is 3. The van der Waals surface area contributed by atoms with E-state index in [4.69, 9.17) is 0 Å². The highest BCUT2D eigenvalue weighted by Gasteiger charge is 1.99. The van der Waals surface area contributed by atoms with Crippen molar-refractivity contribution in [3.8, 4) is 0 Å². The SMILES string of the molecule is c1ccc(NCNc2ncc3cc[nH]c3n2)cc1. The Labute approximate surface area is 104 Å². The fourth-order valence-electron chi connectivity index (χ4n) is 1.71. The van der Waals surface area contributed by atoms with E-state index in [1.807, 2.05) is 42.6 Å². The second-order valence-electron chi connectivity index (χ2n) is 3.87. The first-order chi connectivity index (χ1) is 8.92. The lowest BCUT2D eigenvalue weighted by molar-refractivity contribution is 1.11. The minimum Gasteiger partial charge on any atom is -0.368 e. The third-order valence-corrected chi connectivity index (χ3v) is 2.61. The molecule has 0 radical (unpaired) electrons. The zero-order valence-electron chi connectivity index (χ0n) is 9.72. The van der Waals surface area contributed by atoms with Gasteiger partial charge >= 0.3 is 0 Å². The molecule has 0 spiro atoms. The maximum absolute atomic E-state index is 4.35. The lowest BCUT2D eigenvalue weighted by atomic mass is 10.3. The number of nitrogens with one attached hydrogen (secondary N) is 3. The number of benzene rings is 1. The molecule has 2 heterocycles. The van der Waals surface area contributed by atoms with Gasteiger partial charge in [-0.05, 0) is 18.2 Å². The maximum Gasteiger partial charge on any atom is 0.226 e. The third-order valence-electron chi connectivity index (χ3n) is 2.61. The van der Waals surface area contributed by atoms with Crippen molar-refractivity contribution < 1.29 is 0 Å². The Kier molecular flexibility index (Phi) is 2.79. The molecule has 3 aromatic rings. The molecule has 0 bridgehead atoms. The third kappa shape index (κ3) is 2.24. The molecule has 0 unspecified atom stereocenters. The number of anilines is 2. The van der Waals surface area contributed by atoms with Crippen molar-refractivity contribution in [3.05, 3.63) is 48.8 Å². The Morgan fingerprint density at radius 2 is 1.94 bits per heavy atom. The minimum absolute atomic E-state index is 0.580. The van der Waals surface area contributed by atoms with E-state index in [0.717, 1.165) is 16.7 Å². The Morgan fingerprint density at radius 1 is 1.06 bits per heavy atom. The molecule has 1 aromatic carbocycles. The summed E-state index contributed by atoms with van der Waals surface area (Å²) in [5.74, 6) is 0.605. The predicted octanol–water partition coefficient (Wildman–Crippen LogP) is 2.44. The molecule has 0 saturated heterocycles. The van der Waals surface area contributed by atoms with Crippen LogP contribution in [0.1, 0.15) is 0 Å². The Morgan fingerprint density at radius 3 is 2.83 bits per heavy atom. The van der Waals surface area contributed by atoms with Gasteiger partial charge in [0.2, 0.25) is 5.95 Å². The van der Waals surface area contributed by atoms with Gasteiger partial charge in [-0.3, -0.25) is 0 Å². The van der Waals surface area contributed by atoms with Crippen LogP contribution in [0.3, 0.4) is 0 Å². The van der Waals surface area contributed by atoms with E-state index in [9.17, 15) is 0 Å². The summed E-state index contributed by atoms with van der Waals surface area (Å²) in [6.07, 6.45) is 3.65. The van der Waals surface area contributed by atoms with Crippen LogP contribution in [-0.4, -0.2) is 21.6 Å². The van der Waals surface area contributed by atoms with Gasteiger partial charge in [-0.25, -0.2) is 4.98 Å². The topological polar surface area (TPSA) is 65.6 Å². The van der Waals surface area contributed by atoms with Crippen molar-refractivity contribution in [1.82, 2.24) is 15.0 Å². The summed E-state index contributed by atoms with van der Waals surface area (Å²) in [6.45, 7) is 0.580. The summed E-state index contributed by atoms with van der Waals surface area (Å²) < 4.78 is 0. The van der Waals surface area contributed by atoms with Crippen LogP contribution in [-0.2, 0) is 0 Å². The van der Waals surface area contributed by atoms with Gasteiger partial charge in [0.05, 0.1) is 6.67 Å². The van der Waals surface area contributed by atoms with Gasteiger partial charge in [-0.15, -0.1) is 0 Å². The van der Waals surface area contributed by atoms with Crippen LogP contribution in [0, 0.1) is 0 Å². The summed E-state index contributed by atoms with van der Waals surface area (Å²) in [7, 11) is 0. The molecular weight excluding hydrogens is 226 g/mol. The monoisotopic (exact) mass is 239 g/mol. The number of rotatable bonds is 4. The first kappa shape index (κ1) is 10.6. The summed E-state index contributed by atoms with van der Waals surface area (Å²) >= 11 is 0. The van der Waals surface area contributed by atoms with Gasteiger partial charge in [0.15, 0.2) is 0 Å². The zero-order valence-corrected chi connectivity index (χ0v) is 9.72. The van der Waals surface area contributed by atoms with Gasteiger partial charge in [0, 0.05) is 23.5 Å². The van der Waals surface area contributed by atoms with E-state index in [0.29, 0.717) is 12.6 Å².